The number of alkyl halides is 3. The molecule has 2 aromatic carbocycles. The molecule has 14 heteroatoms. The number of hydrogen-bond donors (Lipinski definition) is 2. The van der Waals surface area contributed by atoms with Gasteiger partial charge in [-0.15, -0.1) is 24.5 Å². The lowest BCUT2D eigenvalue weighted by molar-refractivity contribution is -0.274. The molecular formula is C24H20F5N5O3S. The maximum atomic E-state index is 14.7. The zero-order valence-corrected chi connectivity index (χ0v) is 20.6. The number of rotatable bonds is 8. The SMILES string of the molecule is Cc1nc(-c2ccc(OC(F)(F)F)cc2)sc1C(=O)NC(C)C(O)(Cn1cncn1)c1ccc(F)cc1F. The lowest BCUT2D eigenvalue weighted by Crippen LogP contribution is -2.51. The fourth-order valence-corrected chi connectivity index (χ4v) is 4.74. The molecule has 4 aromatic rings. The van der Waals surface area contributed by atoms with E-state index >= 15 is 0 Å². The van der Waals surface area contributed by atoms with Crippen molar-refractivity contribution in [1.82, 2.24) is 25.1 Å². The van der Waals surface area contributed by atoms with E-state index < -0.39 is 41.3 Å². The normalized spacial score (nSPS) is 14.1. The topological polar surface area (TPSA) is 102 Å². The van der Waals surface area contributed by atoms with Crippen LogP contribution in [0.2, 0.25) is 0 Å². The number of benzene rings is 2. The van der Waals surface area contributed by atoms with Gasteiger partial charge in [0.2, 0.25) is 0 Å². The molecule has 38 heavy (non-hydrogen) atoms. The lowest BCUT2D eigenvalue weighted by atomic mass is 9.86. The number of aryl methyl sites for hydroxylation is 1. The van der Waals surface area contributed by atoms with Crippen LogP contribution < -0.4 is 10.1 Å². The standard InChI is InChI=1S/C24H20F5N5O3S/c1-13-20(38-22(32-13)15-3-6-17(7-4-15)37-24(27,28)29)21(35)33-14(2)23(36,10-34-12-30-11-31-34)18-8-5-16(25)9-19(18)26/h3-9,11-12,14,36H,10H2,1-2H3,(H,33,35). The molecule has 2 N–H and O–H groups in total. The van der Waals surface area contributed by atoms with Crippen LogP contribution >= 0.6 is 11.3 Å². The van der Waals surface area contributed by atoms with Crippen LogP contribution in [0.1, 0.15) is 27.9 Å². The number of hydrogen-bond acceptors (Lipinski definition) is 7. The number of aliphatic hydroxyl groups is 1. The second-order valence-electron chi connectivity index (χ2n) is 8.34. The number of aromatic nitrogens is 4. The van der Waals surface area contributed by atoms with Gasteiger partial charge in [-0.3, -0.25) is 4.79 Å². The van der Waals surface area contributed by atoms with Crippen molar-refractivity contribution in [3.05, 3.63) is 82.9 Å². The van der Waals surface area contributed by atoms with E-state index in [0.29, 0.717) is 22.3 Å². The maximum Gasteiger partial charge on any atom is 0.573 e. The third kappa shape index (κ3) is 5.97. The quantitative estimate of drug-likeness (QED) is 0.310. The van der Waals surface area contributed by atoms with Crippen LogP contribution in [-0.2, 0) is 12.1 Å². The smallest absolute Gasteiger partial charge is 0.406 e. The first-order valence-corrected chi connectivity index (χ1v) is 11.8. The molecule has 0 fully saturated rings. The Morgan fingerprint density at radius 2 is 1.89 bits per heavy atom. The zero-order chi connectivity index (χ0) is 27.7. The van der Waals surface area contributed by atoms with Gasteiger partial charge in [-0.05, 0) is 44.2 Å². The van der Waals surface area contributed by atoms with Crippen molar-refractivity contribution in [2.45, 2.75) is 38.4 Å². The Morgan fingerprint density at radius 3 is 2.50 bits per heavy atom. The minimum Gasteiger partial charge on any atom is -0.406 e. The number of amides is 1. The van der Waals surface area contributed by atoms with E-state index in [1.54, 1.807) is 6.92 Å². The molecule has 1 amide bonds. The molecule has 2 aromatic heterocycles. The Balaban J connectivity index is 1.58. The molecule has 4 rings (SSSR count). The molecule has 0 bridgehead atoms. The lowest BCUT2D eigenvalue weighted by Gasteiger charge is -2.35. The van der Waals surface area contributed by atoms with Crippen molar-refractivity contribution in [3.8, 4) is 16.3 Å². The molecule has 200 valence electrons. The van der Waals surface area contributed by atoms with Gasteiger partial charge in [-0.1, -0.05) is 6.07 Å². The van der Waals surface area contributed by atoms with Crippen LogP contribution in [0.25, 0.3) is 10.6 Å². The molecule has 2 heterocycles. The van der Waals surface area contributed by atoms with Crippen molar-refractivity contribution >= 4 is 17.2 Å². The number of nitrogens with zero attached hydrogens (tertiary/aromatic N) is 4. The highest BCUT2D eigenvalue weighted by atomic mass is 32.1. The van der Waals surface area contributed by atoms with Gasteiger partial charge in [0.25, 0.3) is 5.91 Å². The minimum absolute atomic E-state index is 0.171. The predicted octanol–water partition coefficient (Wildman–Crippen LogP) is 4.59. The average Bonchev–Trinajstić information content (AvgIpc) is 3.47. The number of ether oxygens (including phenoxy) is 1. The van der Waals surface area contributed by atoms with E-state index in [1.807, 2.05) is 0 Å². The fourth-order valence-electron chi connectivity index (χ4n) is 3.77. The molecule has 0 saturated heterocycles. The van der Waals surface area contributed by atoms with Crippen LogP contribution in [0.5, 0.6) is 5.75 Å². The molecule has 2 atom stereocenters. The van der Waals surface area contributed by atoms with Crippen molar-refractivity contribution in [2.75, 3.05) is 0 Å². The molecule has 0 saturated carbocycles. The van der Waals surface area contributed by atoms with E-state index in [0.717, 1.165) is 35.6 Å². The third-order valence-corrected chi connectivity index (χ3v) is 6.87. The van der Waals surface area contributed by atoms with Crippen LogP contribution in [0.4, 0.5) is 22.0 Å². The second kappa shape index (κ2) is 10.5. The predicted molar refractivity (Wildman–Crippen MR) is 126 cm³/mol. The van der Waals surface area contributed by atoms with Gasteiger partial charge in [0.1, 0.15) is 45.5 Å². The Kier molecular flexibility index (Phi) is 7.47. The van der Waals surface area contributed by atoms with Crippen LogP contribution in [-0.4, -0.2) is 43.2 Å². The van der Waals surface area contributed by atoms with Gasteiger partial charge in [0.05, 0.1) is 18.3 Å². The zero-order valence-electron chi connectivity index (χ0n) is 19.8. The Labute approximate surface area is 216 Å². The molecule has 0 aliphatic carbocycles. The minimum atomic E-state index is -4.83. The average molecular weight is 554 g/mol. The summed E-state index contributed by atoms with van der Waals surface area (Å²) in [4.78, 5) is 21.5. The van der Waals surface area contributed by atoms with E-state index in [9.17, 15) is 31.9 Å². The van der Waals surface area contributed by atoms with Crippen LogP contribution in [0.15, 0.2) is 55.1 Å². The molecular weight excluding hydrogens is 533 g/mol. The van der Waals surface area contributed by atoms with Crippen molar-refractivity contribution in [3.63, 3.8) is 0 Å². The van der Waals surface area contributed by atoms with Gasteiger partial charge in [-0.25, -0.2) is 23.4 Å². The van der Waals surface area contributed by atoms with E-state index in [2.05, 4.69) is 25.1 Å². The maximum absolute atomic E-state index is 14.7. The van der Waals surface area contributed by atoms with Gasteiger partial charge in [0.15, 0.2) is 0 Å². The molecule has 2 unspecified atom stereocenters. The molecule has 0 aliphatic rings. The number of nitrogens with one attached hydrogen (secondary N) is 1. The second-order valence-corrected chi connectivity index (χ2v) is 9.34. The van der Waals surface area contributed by atoms with Gasteiger partial charge >= 0.3 is 6.36 Å². The van der Waals surface area contributed by atoms with Crippen LogP contribution in [0, 0.1) is 18.6 Å². The first-order chi connectivity index (χ1) is 17.9. The summed E-state index contributed by atoms with van der Waals surface area (Å²) in [5.74, 6) is -2.88. The van der Waals surface area contributed by atoms with E-state index in [4.69, 9.17) is 0 Å². The van der Waals surface area contributed by atoms with Crippen molar-refractivity contribution < 1.29 is 36.6 Å². The summed E-state index contributed by atoms with van der Waals surface area (Å²) in [5.41, 5.74) is -1.53. The fraction of sp³-hybridized carbons (Fsp3) is 0.250. The molecule has 8 nitrogen and oxygen atoms in total. The highest BCUT2D eigenvalue weighted by Crippen LogP contribution is 2.33. The Morgan fingerprint density at radius 1 is 1.18 bits per heavy atom. The van der Waals surface area contributed by atoms with Gasteiger partial charge < -0.3 is 15.2 Å². The van der Waals surface area contributed by atoms with E-state index in [-0.39, 0.29) is 17.0 Å². The first kappa shape index (κ1) is 27.1. The highest BCUT2D eigenvalue weighted by molar-refractivity contribution is 7.17. The third-order valence-electron chi connectivity index (χ3n) is 5.67. The highest BCUT2D eigenvalue weighted by Gasteiger charge is 2.40. The number of halogens is 5. The Hall–Kier alpha value is -3.91. The van der Waals surface area contributed by atoms with Gasteiger partial charge in [-0.2, -0.15) is 5.10 Å². The van der Waals surface area contributed by atoms with Crippen LogP contribution in [0.3, 0.4) is 0 Å². The first-order valence-electron chi connectivity index (χ1n) is 11.0. The summed E-state index contributed by atoms with van der Waals surface area (Å²) < 4.78 is 70.6. The van der Waals surface area contributed by atoms with E-state index in [1.165, 1.54) is 36.4 Å². The monoisotopic (exact) mass is 553 g/mol. The molecule has 0 spiro atoms. The van der Waals surface area contributed by atoms with Gasteiger partial charge in [0, 0.05) is 17.2 Å². The summed E-state index contributed by atoms with van der Waals surface area (Å²) in [7, 11) is 0. The number of carbonyl (C=O) groups is 1. The molecule has 0 radical (unpaired) electrons. The largest absolute Gasteiger partial charge is 0.573 e. The summed E-state index contributed by atoms with van der Waals surface area (Å²) >= 11 is 0.980. The summed E-state index contributed by atoms with van der Waals surface area (Å²) in [6, 6.07) is 6.60. The Bertz CT molecular complexity index is 1430. The van der Waals surface area contributed by atoms with Crippen molar-refractivity contribution in [2.24, 2.45) is 0 Å². The summed E-state index contributed by atoms with van der Waals surface area (Å²) in [6.07, 6.45) is -2.31. The summed E-state index contributed by atoms with van der Waals surface area (Å²) in [6.45, 7) is 2.71. The number of carbonyl (C=O) groups excluding carboxylic acids is 1. The summed E-state index contributed by atoms with van der Waals surface area (Å²) in [5, 5.41) is 18.5. The van der Waals surface area contributed by atoms with Crippen molar-refractivity contribution in [1.29, 1.82) is 0 Å². The number of thiazole rings is 1. The molecule has 0 aliphatic heterocycles.